The largest absolute Gasteiger partial charge is 0.369 e. The number of hydrogen-bond donors (Lipinski definition) is 2. The molecule has 1 aliphatic rings. The molecular formula is C19H26ClN5S. The lowest BCUT2D eigenvalue weighted by Crippen LogP contribution is -2.44. The van der Waals surface area contributed by atoms with Crippen LogP contribution in [0.4, 0.5) is 5.69 Å². The number of nitrogens with one attached hydrogen (secondary N) is 2. The molecule has 1 aromatic heterocycles. The van der Waals surface area contributed by atoms with Crippen LogP contribution in [0, 0.1) is 13.8 Å². The highest BCUT2D eigenvalue weighted by Crippen LogP contribution is 2.23. The lowest BCUT2D eigenvalue weighted by Gasteiger charge is -2.20. The van der Waals surface area contributed by atoms with Crippen molar-refractivity contribution in [3.63, 3.8) is 0 Å². The van der Waals surface area contributed by atoms with E-state index in [4.69, 9.17) is 16.6 Å². The van der Waals surface area contributed by atoms with Crippen LogP contribution in [0.15, 0.2) is 29.3 Å². The van der Waals surface area contributed by atoms with Gasteiger partial charge in [0.15, 0.2) is 5.96 Å². The smallest absolute Gasteiger partial charge is 0.191 e. The summed E-state index contributed by atoms with van der Waals surface area (Å²) in [6, 6.07) is 8.43. The number of nitrogens with zero attached hydrogens (tertiary/aromatic N) is 3. The highest BCUT2D eigenvalue weighted by Gasteiger charge is 2.23. The number of aromatic nitrogens is 1. The summed E-state index contributed by atoms with van der Waals surface area (Å²) in [5.74, 6) is 0.871. The van der Waals surface area contributed by atoms with E-state index in [1.54, 1.807) is 11.3 Å². The zero-order valence-corrected chi connectivity index (χ0v) is 17.1. The predicted octanol–water partition coefficient (Wildman–Crippen LogP) is 3.75. The number of rotatable bonds is 5. The normalized spacial score (nSPS) is 17.6. The fraction of sp³-hybridized carbons (Fsp3) is 0.474. The summed E-state index contributed by atoms with van der Waals surface area (Å²) < 4.78 is 0. The van der Waals surface area contributed by atoms with E-state index in [0.29, 0.717) is 12.6 Å². The molecule has 2 aromatic rings. The number of anilines is 1. The zero-order chi connectivity index (χ0) is 18.5. The maximum absolute atomic E-state index is 6.12. The summed E-state index contributed by atoms with van der Waals surface area (Å²) >= 11 is 7.85. The minimum atomic E-state index is 0.371. The van der Waals surface area contributed by atoms with Crippen LogP contribution in [0.3, 0.4) is 0 Å². The van der Waals surface area contributed by atoms with Gasteiger partial charge < -0.3 is 15.5 Å². The van der Waals surface area contributed by atoms with Crippen molar-refractivity contribution in [3.05, 3.63) is 44.9 Å². The second kappa shape index (κ2) is 8.73. The molecule has 0 spiro atoms. The molecule has 7 heteroatoms. The van der Waals surface area contributed by atoms with Crippen molar-refractivity contribution in [1.82, 2.24) is 15.6 Å². The minimum absolute atomic E-state index is 0.371. The van der Waals surface area contributed by atoms with E-state index in [0.717, 1.165) is 47.7 Å². The first-order valence-electron chi connectivity index (χ1n) is 9.03. The quantitative estimate of drug-likeness (QED) is 0.602. The number of aryl methyl sites for hydroxylation is 2. The van der Waals surface area contributed by atoms with Gasteiger partial charge in [0, 0.05) is 41.3 Å². The second-order valence-corrected chi connectivity index (χ2v) is 8.22. The molecule has 0 aliphatic carbocycles. The number of guanidine groups is 1. The lowest BCUT2D eigenvalue weighted by atomic mass is 10.2. The van der Waals surface area contributed by atoms with Crippen molar-refractivity contribution < 1.29 is 0 Å². The van der Waals surface area contributed by atoms with Crippen LogP contribution in [0.1, 0.15) is 28.9 Å². The van der Waals surface area contributed by atoms with Crippen molar-refractivity contribution >= 4 is 34.6 Å². The van der Waals surface area contributed by atoms with Crippen LogP contribution < -0.4 is 15.5 Å². The van der Waals surface area contributed by atoms with E-state index in [9.17, 15) is 0 Å². The van der Waals surface area contributed by atoms with Crippen molar-refractivity contribution in [1.29, 1.82) is 0 Å². The Kier molecular flexibility index (Phi) is 6.38. The highest BCUT2D eigenvalue weighted by molar-refractivity contribution is 7.11. The van der Waals surface area contributed by atoms with Gasteiger partial charge in [0.1, 0.15) is 0 Å². The maximum atomic E-state index is 6.12. The highest BCUT2D eigenvalue weighted by atomic mass is 35.5. The molecule has 1 aliphatic heterocycles. The van der Waals surface area contributed by atoms with E-state index in [-0.39, 0.29) is 0 Å². The Labute approximate surface area is 164 Å². The summed E-state index contributed by atoms with van der Waals surface area (Å²) in [6.45, 7) is 9.65. The van der Waals surface area contributed by atoms with Crippen molar-refractivity contribution in [2.24, 2.45) is 4.99 Å². The molecule has 1 unspecified atom stereocenters. The van der Waals surface area contributed by atoms with Crippen molar-refractivity contribution in [2.75, 3.05) is 24.5 Å². The standard InChI is InChI=1S/C19H26ClN5S/c1-4-21-19(22-11-18-13(2)23-14(3)26-18)24-16-8-9-25(12-16)17-7-5-6-15(20)10-17/h5-7,10,16H,4,8-9,11-12H2,1-3H3,(H2,21,22,24). The second-order valence-electron chi connectivity index (χ2n) is 6.49. The van der Waals surface area contributed by atoms with Gasteiger partial charge in [-0.3, -0.25) is 0 Å². The molecule has 0 bridgehead atoms. The number of benzene rings is 1. The molecule has 1 atom stereocenters. The predicted molar refractivity (Wildman–Crippen MR) is 112 cm³/mol. The zero-order valence-electron chi connectivity index (χ0n) is 15.6. The Morgan fingerprint density at radius 1 is 1.42 bits per heavy atom. The molecule has 26 heavy (non-hydrogen) atoms. The summed E-state index contributed by atoms with van der Waals surface area (Å²) in [5.41, 5.74) is 2.26. The van der Waals surface area contributed by atoms with Crippen LogP contribution in [0.5, 0.6) is 0 Å². The fourth-order valence-electron chi connectivity index (χ4n) is 3.17. The number of hydrogen-bond acceptors (Lipinski definition) is 4. The Hall–Kier alpha value is -1.79. The monoisotopic (exact) mass is 391 g/mol. The molecule has 3 rings (SSSR count). The maximum Gasteiger partial charge on any atom is 0.191 e. The summed E-state index contributed by atoms with van der Waals surface area (Å²) in [4.78, 5) is 12.8. The van der Waals surface area contributed by atoms with Crippen molar-refractivity contribution in [3.8, 4) is 0 Å². The van der Waals surface area contributed by atoms with Gasteiger partial charge in [-0.15, -0.1) is 11.3 Å². The Morgan fingerprint density at radius 2 is 2.27 bits per heavy atom. The van der Waals surface area contributed by atoms with Gasteiger partial charge in [0.05, 0.1) is 17.2 Å². The first-order valence-corrected chi connectivity index (χ1v) is 10.2. The van der Waals surface area contributed by atoms with Gasteiger partial charge in [-0.25, -0.2) is 9.98 Å². The van der Waals surface area contributed by atoms with E-state index < -0.39 is 0 Å². The molecule has 0 amide bonds. The van der Waals surface area contributed by atoms with Gasteiger partial charge in [-0.1, -0.05) is 17.7 Å². The topological polar surface area (TPSA) is 52.6 Å². The summed E-state index contributed by atoms with van der Waals surface area (Å²) in [6.07, 6.45) is 1.08. The molecule has 1 aromatic carbocycles. The SMILES string of the molecule is CCNC(=NCc1sc(C)nc1C)NC1CCN(c2cccc(Cl)c2)C1. The Balaban J connectivity index is 1.61. The molecule has 0 saturated carbocycles. The van der Waals surface area contributed by atoms with Crippen LogP contribution in [0.25, 0.3) is 0 Å². The Morgan fingerprint density at radius 3 is 2.96 bits per heavy atom. The summed E-state index contributed by atoms with van der Waals surface area (Å²) in [5, 5.41) is 8.81. The molecule has 0 radical (unpaired) electrons. The van der Waals surface area contributed by atoms with Gasteiger partial charge in [0.25, 0.3) is 0 Å². The molecule has 2 heterocycles. The molecule has 1 saturated heterocycles. The van der Waals surface area contributed by atoms with Crippen LogP contribution in [0.2, 0.25) is 5.02 Å². The van der Waals surface area contributed by atoms with Gasteiger partial charge in [-0.05, 0) is 45.4 Å². The first kappa shape index (κ1) is 19.0. The lowest BCUT2D eigenvalue weighted by molar-refractivity contribution is 0.649. The molecule has 1 fully saturated rings. The molecule has 5 nitrogen and oxygen atoms in total. The van der Waals surface area contributed by atoms with Crippen molar-refractivity contribution in [2.45, 2.75) is 39.8 Å². The van der Waals surface area contributed by atoms with E-state index >= 15 is 0 Å². The minimum Gasteiger partial charge on any atom is -0.369 e. The number of halogens is 1. The van der Waals surface area contributed by atoms with E-state index in [1.165, 1.54) is 10.6 Å². The molecule has 140 valence electrons. The third kappa shape index (κ3) is 4.89. The average molecular weight is 392 g/mol. The average Bonchev–Trinajstić information content (AvgIpc) is 3.19. The summed E-state index contributed by atoms with van der Waals surface area (Å²) in [7, 11) is 0. The third-order valence-corrected chi connectivity index (χ3v) is 5.72. The third-order valence-electron chi connectivity index (χ3n) is 4.43. The molecule has 2 N–H and O–H groups in total. The van der Waals surface area contributed by atoms with E-state index in [2.05, 4.69) is 40.4 Å². The number of thiazole rings is 1. The number of aliphatic imine (C=N–C) groups is 1. The fourth-order valence-corrected chi connectivity index (χ4v) is 4.22. The van der Waals surface area contributed by atoms with Crippen LogP contribution >= 0.6 is 22.9 Å². The Bertz CT molecular complexity index is 773. The first-order chi connectivity index (χ1) is 12.5. The van der Waals surface area contributed by atoms with Gasteiger partial charge in [0.2, 0.25) is 0 Å². The van der Waals surface area contributed by atoms with Crippen LogP contribution in [-0.4, -0.2) is 36.6 Å². The van der Waals surface area contributed by atoms with E-state index in [1.807, 2.05) is 25.1 Å². The molecular weight excluding hydrogens is 366 g/mol. The van der Waals surface area contributed by atoms with Gasteiger partial charge in [-0.2, -0.15) is 0 Å². The van der Waals surface area contributed by atoms with Crippen LogP contribution in [-0.2, 0) is 6.54 Å². The van der Waals surface area contributed by atoms with Gasteiger partial charge >= 0.3 is 0 Å².